The lowest BCUT2D eigenvalue weighted by molar-refractivity contribution is 0.0929. The number of ether oxygens (including phenoxy) is 2. The van der Waals surface area contributed by atoms with Crippen molar-refractivity contribution in [1.29, 1.82) is 0 Å². The summed E-state index contributed by atoms with van der Waals surface area (Å²) < 4.78 is 11.1. The maximum Gasteiger partial charge on any atom is 0.251 e. The highest BCUT2D eigenvalue weighted by Gasteiger charge is 2.17. The van der Waals surface area contributed by atoms with Gasteiger partial charge < -0.3 is 20.1 Å². The average Bonchev–Trinajstić information content (AvgIpc) is 2.50. The van der Waals surface area contributed by atoms with Gasteiger partial charge in [0.25, 0.3) is 5.91 Å². The SMILES string of the molecule is CCOc1ccc(C(=O)NC2CCNCC2)cc1OCC.Cl. The molecule has 2 N–H and O–H groups in total. The van der Waals surface area contributed by atoms with Gasteiger partial charge in [0.05, 0.1) is 13.2 Å². The number of rotatable bonds is 6. The van der Waals surface area contributed by atoms with E-state index in [1.165, 1.54) is 0 Å². The Bertz CT molecular complexity index is 476. The summed E-state index contributed by atoms with van der Waals surface area (Å²) in [5, 5.41) is 6.37. The minimum Gasteiger partial charge on any atom is -0.490 e. The molecule has 22 heavy (non-hydrogen) atoms. The van der Waals surface area contributed by atoms with Gasteiger partial charge in [-0.05, 0) is 58.0 Å². The highest BCUT2D eigenvalue weighted by molar-refractivity contribution is 5.95. The van der Waals surface area contributed by atoms with Crippen LogP contribution in [0, 0.1) is 0 Å². The van der Waals surface area contributed by atoms with Gasteiger partial charge in [-0.15, -0.1) is 12.4 Å². The zero-order valence-corrected chi connectivity index (χ0v) is 14.0. The molecule has 5 nitrogen and oxygen atoms in total. The number of piperidine rings is 1. The molecule has 1 aliphatic heterocycles. The van der Waals surface area contributed by atoms with Gasteiger partial charge in [0, 0.05) is 11.6 Å². The summed E-state index contributed by atoms with van der Waals surface area (Å²) in [4.78, 5) is 12.3. The lowest BCUT2D eigenvalue weighted by Crippen LogP contribution is -2.42. The lowest BCUT2D eigenvalue weighted by Gasteiger charge is -2.23. The molecule has 1 aromatic rings. The maximum absolute atomic E-state index is 12.3. The Balaban J connectivity index is 0.00000242. The second kappa shape index (κ2) is 9.54. The Kier molecular flexibility index (Phi) is 8.06. The number of halogens is 1. The van der Waals surface area contributed by atoms with E-state index in [-0.39, 0.29) is 24.4 Å². The van der Waals surface area contributed by atoms with E-state index in [9.17, 15) is 4.79 Å². The van der Waals surface area contributed by atoms with Gasteiger partial charge in [0.2, 0.25) is 0 Å². The van der Waals surface area contributed by atoms with Gasteiger partial charge in [0.15, 0.2) is 11.5 Å². The van der Waals surface area contributed by atoms with Gasteiger partial charge in [-0.25, -0.2) is 0 Å². The van der Waals surface area contributed by atoms with Crippen LogP contribution in [0.25, 0.3) is 0 Å². The van der Waals surface area contributed by atoms with Crippen LogP contribution < -0.4 is 20.1 Å². The van der Waals surface area contributed by atoms with Crippen LogP contribution in [-0.4, -0.2) is 38.3 Å². The minimum atomic E-state index is -0.0501. The van der Waals surface area contributed by atoms with E-state index in [2.05, 4.69) is 10.6 Å². The molecule has 0 aliphatic carbocycles. The quantitative estimate of drug-likeness (QED) is 0.842. The number of amides is 1. The molecule has 0 unspecified atom stereocenters. The lowest BCUT2D eigenvalue weighted by atomic mass is 10.1. The molecule has 6 heteroatoms. The van der Waals surface area contributed by atoms with Gasteiger partial charge in [-0.1, -0.05) is 0 Å². The molecule has 1 saturated heterocycles. The molecule has 1 aliphatic rings. The van der Waals surface area contributed by atoms with Crippen LogP contribution in [0.1, 0.15) is 37.0 Å². The summed E-state index contributed by atoms with van der Waals surface area (Å²) in [6.45, 7) is 6.86. The fourth-order valence-corrected chi connectivity index (χ4v) is 2.43. The highest BCUT2D eigenvalue weighted by Crippen LogP contribution is 2.28. The largest absolute Gasteiger partial charge is 0.490 e. The van der Waals surface area contributed by atoms with Crippen molar-refractivity contribution in [2.24, 2.45) is 0 Å². The van der Waals surface area contributed by atoms with Gasteiger partial charge in [-0.2, -0.15) is 0 Å². The summed E-state index contributed by atoms with van der Waals surface area (Å²) in [5.41, 5.74) is 0.612. The molecule has 2 rings (SSSR count). The number of carbonyl (C=O) groups excluding carboxylic acids is 1. The summed E-state index contributed by atoms with van der Waals surface area (Å²) in [6.07, 6.45) is 1.95. The maximum atomic E-state index is 12.3. The molecule has 0 radical (unpaired) electrons. The first-order chi connectivity index (χ1) is 10.2. The van der Waals surface area contributed by atoms with Crippen molar-refractivity contribution in [3.63, 3.8) is 0 Å². The molecular formula is C16H25ClN2O3. The van der Waals surface area contributed by atoms with E-state index >= 15 is 0 Å². The number of benzene rings is 1. The molecule has 0 saturated carbocycles. The van der Waals surface area contributed by atoms with Crippen LogP contribution in [0.4, 0.5) is 0 Å². The fourth-order valence-electron chi connectivity index (χ4n) is 2.43. The molecule has 0 spiro atoms. The highest BCUT2D eigenvalue weighted by atomic mass is 35.5. The van der Waals surface area contributed by atoms with Crippen molar-refractivity contribution in [1.82, 2.24) is 10.6 Å². The molecule has 0 bridgehead atoms. The van der Waals surface area contributed by atoms with Crippen LogP contribution in [0.2, 0.25) is 0 Å². The minimum absolute atomic E-state index is 0. The van der Waals surface area contributed by atoms with E-state index in [4.69, 9.17) is 9.47 Å². The van der Waals surface area contributed by atoms with Crippen molar-refractivity contribution in [3.05, 3.63) is 23.8 Å². The van der Waals surface area contributed by atoms with E-state index in [0.717, 1.165) is 25.9 Å². The normalized spacial score (nSPS) is 14.8. The molecule has 0 atom stereocenters. The van der Waals surface area contributed by atoms with Gasteiger partial charge >= 0.3 is 0 Å². The van der Waals surface area contributed by atoms with Gasteiger partial charge in [-0.3, -0.25) is 4.79 Å². The third-order valence-corrected chi connectivity index (χ3v) is 3.48. The first kappa shape index (κ1) is 18.6. The standard InChI is InChI=1S/C16H24N2O3.ClH/c1-3-20-14-6-5-12(11-15(14)21-4-2)16(19)18-13-7-9-17-10-8-13;/h5-6,11,13,17H,3-4,7-10H2,1-2H3,(H,18,19);1H. The Morgan fingerprint density at radius 1 is 1.18 bits per heavy atom. The monoisotopic (exact) mass is 328 g/mol. The average molecular weight is 329 g/mol. The summed E-state index contributed by atoms with van der Waals surface area (Å²) in [5.74, 6) is 1.25. The van der Waals surface area contributed by atoms with Crippen LogP contribution in [0.15, 0.2) is 18.2 Å². The molecule has 0 aromatic heterocycles. The van der Waals surface area contributed by atoms with E-state index in [0.29, 0.717) is 30.3 Å². The van der Waals surface area contributed by atoms with Crippen LogP contribution in [0.5, 0.6) is 11.5 Å². The van der Waals surface area contributed by atoms with Crippen LogP contribution in [-0.2, 0) is 0 Å². The number of nitrogens with one attached hydrogen (secondary N) is 2. The molecule has 1 aromatic carbocycles. The molecule has 124 valence electrons. The number of carbonyl (C=O) groups is 1. The first-order valence-corrected chi connectivity index (χ1v) is 7.65. The Morgan fingerprint density at radius 3 is 2.45 bits per heavy atom. The van der Waals surface area contributed by atoms with Gasteiger partial charge in [0.1, 0.15) is 0 Å². The zero-order chi connectivity index (χ0) is 15.1. The smallest absolute Gasteiger partial charge is 0.251 e. The second-order valence-electron chi connectivity index (χ2n) is 5.03. The van der Waals surface area contributed by atoms with Crippen molar-refractivity contribution in [2.75, 3.05) is 26.3 Å². The summed E-state index contributed by atoms with van der Waals surface area (Å²) in [6, 6.07) is 5.58. The molecule has 1 amide bonds. The van der Waals surface area contributed by atoms with Crippen molar-refractivity contribution < 1.29 is 14.3 Å². The Morgan fingerprint density at radius 2 is 1.82 bits per heavy atom. The first-order valence-electron chi connectivity index (χ1n) is 7.65. The summed E-state index contributed by atoms with van der Waals surface area (Å²) in [7, 11) is 0. The molecule has 1 heterocycles. The van der Waals surface area contributed by atoms with E-state index in [1.807, 2.05) is 13.8 Å². The Labute approximate surface area is 138 Å². The van der Waals surface area contributed by atoms with Crippen LogP contribution >= 0.6 is 12.4 Å². The van der Waals surface area contributed by atoms with Crippen molar-refractivity contribution in [2.45, 2.75) is 32.7 Å². The fraction of sp³-hybridized carbons (Fsp3) is 0.562. The predicted octanol–water partition coefficient (Wildman–Crippen LogP) is 2.39. The molecular weight excluding hydrogens is 304 g/mol. The summed E-state index contributed by atoms with van der Waals surface area (Å²) >= 11 is 0. The van der Waals surface area contributed by atoms with Crippen molar-refractivity contribution in [3.8, 4) is 11.5 Å². The van der Waals surface area contributed by atoms with E-state index in [1.54, 1.807) is 18.2 Å². The molecule has 1 fully saturated rings. The van der Waals surface area contributed by atoms with Crippen LogP contribution in [0.3, 0.4) is 0 Å². The predicted molar refractivity (Wildman–Crippen MR) is 89.4 cm³/mol. The second-order valence-corrected chi connectivity index (χ2v) is 5.03. The van der Waals surface area contributed by atoms with E-state index < -0.39 is 0 Å². The third kappa shape index (κ3) is 5.07. The number of hydrogen-bond acceptors (Lipinski definition) is 4. The zero-order valence-electron chi connectivity index (χ0n) is 13.2. The van der Waals surface area contributed by atoms with Crippen molar-refractivity contribution >= 4 is 18.3 Å². The Hall–Kier alpha value is -1.46. The topological polar surface area (TPSA) is 59.6 Å². The number of hydrogen-bond donors (Lipinski definition) is 2. The third-order valence-electron chi connectivity index (χ3n) is 3.48.